The van der Waals surface area contributed by atoms with Gasteiger partial charge in [0.25, 0.3) is 5.89 Å². The molecular formula is C15H15Cl2N5O4. The Morgan fingerprint density at radius 2 is 2.08 bits per heavy atom. The minimum Gasteiger partial charge on any atom is -0.442 e. The zero-order valence-corrected chi connectivity index (χ0v) is 15.4. The molecule has 1 aromatic heterocycles. The van der Waals surface area contributed by atoms with Gasteiger partial charge in [-0.1, -0.05) is 28.4 Å². The van der Waals surface area contributed by atoms with E-state index in [9.17, 15) is 9.59 Å². The molecule has 0 bridgehead atoms. The molecule has 1 aromatic carbocycles. The maximum Gasteiger partial charge on any atom is 0.414 e. The summed E-state index contributed by atoms with van der Waals surface area (Å²) < 4.78 is 10.3. The zero-order valence-electron chi connectivity index (χ0n) is 13.9. The monoisotopic (exact) mass is 399 g/mol. The lowest BCUT2D eigenvalue weighted by molar-refractivity contribution is 0.140. The van der Waals surface area contributed by atoms with Gasteiger partial charge in [-0.15, -0.1) is 0 Å². The predicted octanol–water partition coefficient (Wildman–Crippen LogP) is 2.61. The second-order valence-corrected chi connectivity index (χ2v) is 6.32. The largest absolute Gasteiger partial charge is 0.442 e. The fourth-order valence-corrected chi connectivity index (χ4v) is 3.09. The molecule has 9 nitrogen and oxygen atoms in total. The van der Waals surface area contributed by atoms with Gasteiger partial charge in [0.1, 0.15) is 6.10 Å². The van der Waals surface area contributed by atoms with E-state index in [1.807, 2.05) is 0 Å². The Labute approximate surface area is 158 Å². The molecule has 1 saturated heterocycles. The molecule has 26 heavy (non-hydrogen) atoms. The van der Waals surface area contributed by atoms with Gasteiger partial charge in [-0.05, 0) is 19.1 Å². The summed E-state index contributed by atoms with van der Waals surface area (Å²) in [6, 6.07) is 2.78. The van der Waals surface area contributed by atoms with Crippen molar-refractivity contribution in [1.29, 1.82) is 0 Å². The molecule has 3 rings (SSSR count). The number of hydrogen-bond acceptors (Lipinski definition) is 6. The van der Waals surface area contributed by atoms with Gasteiger partial charge in [0, 0.05) is 7.05 Å². The first-order valence-corrected chi connectivity index (χ1v) is 8.38. The van der Waals surface area contributed by atoms with Crippen LogP contribution in [0.15, 0.2) is 16.7 Å². The van der Waals surface area contributed by atoms with Crippen molar-refractivity contribution in [3.63, 3.8) is 0 Å². The van der Waals surface area contributed by atoms with Gasteiger partial charge in [0.15, 0.2) is 5.82 Å². The minimum atomic E-state index is -0.553. The van der Waals surface area contributed by atoms with Crippen LogP contribution in [-0.4, -0.2) is 48.5 Å². The first-order valence-electron chi connectivity index (χ1n) is 7.62. The maximum absolute atomic E-state index is 12.1. The van der Waals surface area contributed by atoms with E-state index in [1.165, 1.54) is 11.9 Å². The summed E-state index contributed by atoms with van der Waals surface area (Å²) in [5.74, 6) is 0.645. The quantitative estimate of drug-likeness (QED) is 0.817. The molecular weight excluding hydrogens is 385 g/mol. The molecule has 11 heteroatoms. The molecule has 3 amide bonds. The normalized spacial score (nSPS) is 16.5. The van der Waals surface area contributed by atoms with Crippen molar-refractivity contribution in [3.8, 4) is 11.5 Å². The number of benzene rings is 1. The van der Waals surface area contributed by atoms with Crippen LogP contribution >= 0.6 is 23.2 Å². The number of cyclic esters (lactones) is 1. The highest BCUT2D eigenvalue weighted by Gasteiger charge is 2.33. The van der Waals surface area contributed by atoms with E-state index in [2.05, 4.69) is 20.8 Å². The number of amides is 3. The minimum absolute atomic E-state index is 0.183. The average Bonchev–Trinajstić information content (AvgIpc) is 3.17. The molecule has 2 aromatic rings. The van der Waals surface area contributed by atoms with E-state index >= 15 is 0 Å². The number of carbonyl (C=O) groups excluding carboxylic acids is 2. The number of nitrogens with zero attached hydrogens (tertiary/aromatic N) is 3. The van der Waals surface area contributed by atoms with Gasteiger partial charge >= 0.3 is 12.1 Å². The van der Waals surface area contributed by atoms with Crippen LogP contribution in [0, 0.1) is 6.92 Å². The molecule has 138 valence electrons. The van der Waals surface area contributed by atoms with Crippen molar-refractivity contribution in [3.05, 3.63) is 28.0 Å². The molecule has 1 aliphatic rings. The summed E-state index contributed by atoms with van der Waals surface area (Å²) in [7, 11) is 1.50. The van der Waals surface area contributed by atoms with Gasteiger partial charge < -0.3 is 19.9 Å². The summed E-state index contributed by atoms with van der Waals surface area (Å²) >= 11 is 12.6. The Balaban J connectivity index is 1.79. The van der Waals surface area contributed by atoms with Crippen molar-refractivity contribution < 1.29 is 18.8 Å². The van der Waals surface area contributed by atoms with Crippen LogP contribution in [0.2, 0.25) is 10.0 Å². The molecule has 0 aliphatic carbocycles. The number of aromatic nitrogens is 2. The molecule has 1 unspecified atom stereocenters. The smallest absolute Gasteiger partial charge is 0.414 e. The fourth-order valence-electron chi connectivity index (χ4n) is 2.45. The van der Waals surface area contributed by atoms with Crippen molar-refractivity contribution in [2.75, 3.05) is 25.0 Å². The van der Waals surface area contributed by atoms with Gasteiger partial charge in [-0.2, -0.15) is 4.98 Å². The van der Waals surface area contributed by atoms with E-state index in [0.717, 1.165) is 0 Å². The van der Waals surface area contributed by atoms with Crippen LogP contribution in [0.1, 0.15) is 5.82 Å². The Morgan fingerprint density at radius 1 is 1.38 bits per heavy atom. The number of carbonyl (C=O) groups is 2. The third kappa shape index (κ3) is 3.68. The van der Waals surface area contributed by atoms with Gasteiger partial charge in [0.2, 0.25) is 0 Å². The number of halogens is 2. The number of anilines is 1. The molecule has 1 atom stereocenters. The predicted molar refractivity (Wildman–Crippen MR) is 94.6 cm³/mol. The van der Waals surface area contributed by atoms with Crippen LogP contribution in [0.4, 0.5) is 15.3 Å². The lowest BCUT2D eigenvalue weighted by Crippen LogP contribution is -2.39. The van der Waals surface area contributed by atoms with Crippen LogP contribution in [0.3, 0.4) is 0 Å². The first-order chi connectivity index (χ1) is 12.4. The van der Waals surface area contributed by atoms with E-state index in [4.69, 9.17) is 32.5 Å². The average molecular weight is 400 g/mol. The van der Waals surface area contributed by atoms with Gasteiger partial charge in [0.05, 0.1) is 34.4 Å². The summed E-state index contributed by atoms with van der Waals surface area (Å²) in [6.45, 7) is 2.10. The first kappa shape index (κ1) is 18.3. The summed E-state index contributed by atoms with van der Waals surface area (Å²) in [5.41, 5.74) is 0.857. The van der Waals surface area contributed by atoms with Crippen molar-refractivity contribution >= 4 is 41.0 Å². The van der Waals surface area contributed by atoms with Gasteiger partial charge in [-0.3, -0.25) is 4.90 Å². The van der Waals surface area contributed by atoms with Crippen LogP contribution in [0.5, 0.6) is 0 Å². The summed E-state index contributed by atoms with van der Waals surface area (Å²) in [5, 5.41) is 9.24. The molecule has 1 fully saturated rings. The second kappa shape index (κ2) is 7.38. The highest BCUT2D eigenvalue weighted by molar-refractivity contribution is 6.39. The maximum atomic E-state index is 12.1. The molecule has 0 spiro atoms. The van der Waals surface area contributed by atoms with Gasteiger partial charge in [-0.25, -0.2) is 9.59 Å². The lowest BCUT2D eigenvalue weighted by atomic mass is 10.2. The standard InChI is InChI=1S/C15H15Cl2N5O4/c1-7-20-13(26-21-7)12-10(16)3-8(4-11(12)17)22-6-9(25-15(22)24)5-19-14(23)18-2/h3-4,9H,5-6H2,1-2H3,(H2,18,19,23). The second-order valence-electron chi connectivity index (χ2n) is 5.51. The Bertz CT molecular complexity index is 833. The molecule has 0 radical (unpaired) electrons. The number of nitrogens with one attached hydrogen (secondary N) is 2. The Morgan fingerprint density at radius 3 is 2.65 bits per heavy atom. The number of aryl methyl sites for hydroxylation is 1. The van der Waals surface area contributed by atoms with Crippen LogP contribution in [0.25, 0.3) is 11.5 Å². The third-order valence-electron chi connectivity index (χ3n) is 3.67. The molecule has 2 N–H and O–H groups in total. The number of ether oxygens (including phenoxy) is 1. The Hall–Kier alpha value is -2.52. The van der Waals surface area contributed by atoms with E-state index in [-0.39, 0.29) is 35.1 Å². The van der Waals surface area contributed by atoms with Crippen LogP contribution < -0.4 is 15.5 Å². The number of rotatable bonds is 4. The Kier molecular flexibility index (Phi) is 5.19. The van der Waals surface area contributed by atoms with Crippen molar-refractivity contribution in [1.82, 2.24) is 20.8 Å². The zero-order chi connectivity index (χ0) is 18.8. The number of hydrogen-bond donors (Lipinski definition) is 2. The summed E-state index contributed by atoms with van der Waals surface area (Å²) in [6.07, 6.45) is -1.04. The van der Waals surface area contributed by atoms with Crippen molar-refractivity contribution in [2.24, 2.45) is 0 Å². The fraction of sp³-hybridized carbons (Fsp3) is 0.333. The van der Waals surface area contributed by atoms with Crippen molar-refractivity contribution in [2.45, 2.75) is 13.0 Å². The summed E-state index contributed by atoms with van der Waals surface area (Å²) in [4.78, 5) is 28.9. The van der Waals surface area contributed by atoms with E-state index in [1.54, 1.807) is 19.1 Å². The third-order valence-corrected chi connectivity index (χ3v) is 4.27. The highest BCUT2D eigenvalue weighted by Crippen LogP contribution is 2.38. The van der Waals surface area contributed by atoms with E-state index in [0.29, 0.717) is 17.1 Å². The molecule has 0 saturated carbocycles. The highest BCUT2D eigenvalue weighted by atomic mass is 35.5. The van der Waals surface area contributed by atoms with Crippen LogP contribution in [-0.2, 0) is 4.74 Å². The molecule has 2 heterocycles. The lowest BCUT2D eigenvalue weighted by Gasteiger charge is -2.15. The van der Waals surface area contributed by atoms with E-state index < -0.39 is 12.2 Å². The molecule has 1 aliphatic heterocycles. The topological polar surface area (TPSA) is 110 Å². The SMILES string of the molecule is CNC(=O)NCC1CN(c2cc(Cl)c(-c3nc(C)no3)c(Cl)c2)C(=O)O1. The number of urea groups is 1.